The van der Waals surface area contributed by atoms with E-state index in [0.717, 1.165) is 42.9 Å². The standard InChI is InChI=1S/C16H21BrN4/c1-12-16(13(2)19-18-12)21-8-6-20(7-9-21)11-14-4-3-5-15(17)10-14/h3-5,10H,6-9,11H2,1-2H3,(H,18,19). The molecule has 4 nitrogen and oxygen atoms in total. The summed E-state index contributed by atoms with van der Waals surface area (Å²) in [5, 5.41) is 7.38. The van der Waals surface area contributed by atoms with Crippen LogP contribution in [-0.4, -0.2) is 41.3 Å². The Balaban J connectivity index is 1.60. The lowest BCUT2D eigenvalue weighted by atomic mass is 10.2. The number of benzene rings is 1. The molecule has 1 fully saturated rings. The van der Waals surface area contributed by atoms with Gasteiger partial charge in [0.2, 0.25) is 0 Å². The van der Waals surface area contributed by atoms with Gasteiger partial charge >= 0.3 is 0 Å². The summed E-state index contributed by atoms with van der Waals surface area (Å²) in [5.74, 6) is 0. The maximum atomic E-state index is 4.30. The first-order valence-corrected chi connectivity index (χ1v) is 8.16. The Bertz CT molecular complexity index is 595. The third-order valence-electron chi connectivity index (χ3n) is 4.07. The van der Waals surface area contributed by atoms with E-state index in [1.807, 2.05) is 0 Å². The Morgan fingerprint density at radius 1 is 1.19 bits per heavy atom. The van der Waals surface area contributed by atoms with Crippen LogP contribution in [0.1, 0.15) is 17.0 Å². The molecule has 0 saturated carbocycles. The van der Waals surface area contributed by atoms with E-state index in [9.17, 15) is 0 Å². The summed E-state index contributed by atoms with van der Waals surface area (Å²) in [6.07, 6.45) is 0. The SMILES string of the molecule is Cc1n[nH]c(C)c1N1CCN(Cc2cccc(Br)c2)CC1. The smallest absolute Gasteiger partial charge is 0.0827 e. The van der Waals surface area contributed by atoms with Gasteiger partial charge in [0, 0.05) is 37.2 Å². The van der Waals surface area contributed by atoms with Crippen molar-refractivity contribution in [3.8, 4) is 0 Å². The predicted octanol–water partition coefficient (Wildman–Crippen LogP) is 3.11. The number of rotatable bonds is 3. The number of piperazine rings is 1. The van der Waals surface area contributed by atoms with Crippen molar-refractivity contribution in [1.82, 2.24) is 15.1 Å². The minimum absolute atomic E-state index is 1.02. The molecule has 1 aromatic carbocycles. The van der Waals surface area contributed by atoms with Crippen molar-refractivity contribution in [2.24, 2.45) is 0 Å². The van der Waals surface area contributed by atoms with Crippen LogP contribution in [0.2, 0.25) is 0 Å². The highest BCUT2D eigenvalue weighted by molar-refractivity contribution is 9.10. The number of hydrogen-bond acceptors (Lipinski definition) is 3. The molecule has 0 atom stereocenters. The highest BCUT2D eigenvalue weighted by Gasteiger charge is 2.21. The molecule has 0 radical (unpaired) electrons. The summed E-state index contributed by atoms with van der Waals surface area (Å²) < 4.78 is 1.16. The molecule has 1 saturated heterocycles. The predicted molar refractivity (Wildman–Crippen MR) is 89.7 cm³/mol. The van der Waals surface area contributed by atoms with Gasteiger partial charge in [0.25, 0.3) is 0 Å². The first-order valence-electron chi connectivity index (χ1n) is 7.37. The van der Waals surface area contributed by atoms with Crippen molar-refractivity contribution >= 4 is 21.6 Å². The highest BCUT2D eigenvalue weighted by Crippen LogP contribution is 2.23. The summed E-state index contributed by atoms with van der Waals surface area (Å²) in [6.45, 7) is 9.52. The van der Waals surface area contributed by atoms with E-state index in [1.165, 1.54) is 16.9 Å². The number of aromatic amines is 1. The van der Waals surface area contributed by atoms with Crippen LogP contribution >= 0.6 is 15.9 Å². The average molecular weight is 349 g/mol. The van der Waals surface area contributed by atoms with Gasteiger partial charge in [0.15, 0.2) is 0 Å². The zero-order valence-electron chi connectivity index (χ0n) is 12.6. The maximum absolute atomic E-state index is 4.30. The summed E-state index contributed by atoms with van der Waals surface area (Å²) in [7, 11) is 0. The van der Waals surface area contributed by atoms with Crippen LogP contribution < -0.4 is 4.90 Å². The number of halogens is 1. The van der Waals surface area contributed by atoms with Crippen molar-refractivity contribution in [3.63, 3.8) is 0 Å². The zero-order chi connectivity index (χ0) is 14.8. The van der Waals surface area contributed by atoms with Crippen molar-refractivity contribution in [2.75, 3.05) is 31.1 Å². The zero-order valence-corrected chi connectivity index (χ0v) is 14.2. The Hall–Kier alpha value is -1.33. The minimum Gasteiger partial charge on any atom is -0.366 e. The van der Waals surface area contributed by atoms with Crippen LogP contribution in [0, 0.1) is 13.8 Å². The second kappa shape index (κ2) is 6.20. The molecule has 0 amide bonds. The molecule has 1 aliphatic heterocycles. The number of nitrogens with zero attached hydrogens (tertiary/aromatic N) is 3. The van der Waals surface area contributed by atoms with Gasteiger partial charge in [-0.05, 0) is 31.5 Å². The van der Waals surface area contributed by atoms with Crippen LogP contribution in [0.25, 0.3) is 0 Å². The summed E-state index contributed by atoms with van der Waals surface area (Å²) >= 11 is 3.54. The molecular weight excluding hydrogens is 328 g/mol. The number of hydrogen-bond donors (Lipinski definition) is 1. The second-order valence-electron chi connectivity index (χ2n) is 5.68. The van der Waals surface area contributed by atoms with Crippen molar-refractivity contribution < 1.29 is 0 Å². The van der Waals surface area contributed by atoms with Gasteiger partial charge in [0.1, 0.15) is 0 Å². The molecule has 0 bridgehead atoms. The largest absolute Gasteiger partial charge is 0.366 e. The van der Waals surface area contributed by atoms with Gasteiger partial charge in [-0.25, -0.2) is 0 Å². The molecule has 0 spiro atoms. The summed E-state index contributed by atoms with van der Waals surface area (Å²) in [6, 6.07) is 8.58. The Kier molecular flexibility index (Phi) is 4.31. The molecule has 5 heteroatoms. The molecule has 1 aliphatic rings. The Morgan fingerprint density at radius 2 is 1.95 bits per heavy atom. The highest BCUT2D eigenvalue weighted by atomic mass is 79.9. The van der Waals surface area contributed by atoms with E-state index < -0.39 is 0 Å². The first-order chi connectivity index (χ1) is 10.1. The van der Waals surface area contributed by atoms with E-state index in [1.54, 1.807) is 0 Å². The lowest BCUT2D eigenvalue weighted by Crippen LogP contribution is -2.46. The molecular formula is C16H21BrN4. The van der Waals surface area contributed by atoms with Crippen molar-refractivity contribution in [3.05, 3.63) is 45.7 Å². The van der Waals surface area contributed by atoms with Gasteiger partial charge in [-0.1, -0.05) is 28.1 Å². The number of aryl methyl sites for hydroxylation is 2. The van der Waals surface area contributed by atoms with E-state index in [4.69, 9.17) is 0 Å². The molecule has 1 aromatic heterocycles. The molecule has 21 heavy (non-hydrogen) atoms. The normalized spacial score (nSPS) is 16.4. The topological polar surface area (TPSA) is 35.2 Å². The Morgan fingerprint density at radius 3 is 2.57 bits per heavy atom. The number of H-pyrrole nitrogens is 1. The van der Waals surface area contributed by atoms with Crippen molar-refractivity contribution in [2.45, 2.75) is 20.4 Å². The fourth-order valence-electron chi connectivity index (χ4n) is 3.03. The van der Waals surface area contributed by atoms with Crippen LogP contribution in [0.4, 0.5) is 5.69 Å². The molecule has 0 aliphatic carbocycles. The fourth-order valence-corrected chi connectivity index (χ4v) is 3.48. The van der Waals surface area contributed by atoms with Gasteiger partial charge in [-0.3, -0.25) is 10.00 Å². The second-order valence-corrected chi connectivity index (χ2v) is 6.59. The molecule has 112 valence electrons. The van der Waals surface area contributed by atoms with E-state index in [0.29, 0.717) is 0 Å². The van der Waals surface area contributed by atoms with Crippen molar-refractivity contribution in [1.29, 1.82) is 0 Å². The molecule has 3 rings (SSSR count). The van der Waals surface area contributed by atoms with E-state index in [2.05, 4.69) is 74.0 Å². The third kappa shape index (κ3) is 3.30. The number of aromatic nitrogens is 2. The van der Waals surface area contributed by atoms with Gasteiger partial charge in [-0.15, -0.1) is 0 Å². The Labute approximate surface area is 134 Å². The number of anilines is 1. The van der Waals surface area contributed by atoms with Crippen LogP contribution in [-0.2, 0) is 6.54 Å². The quantitative estimate of drug-likeness (QED) is 0.925. The lowest BCUT2D eigenvalue weighted by Gasteiger charge is -2.36. The lowest BCUT2D eigenvalue weighted by molar-refractivity contribution is 0.249. The molecule has 2 aromatic rings. The first kappa shape index (κ1) is 14.6. The molecule has 2 heterocycles. The van der Waals surface area contributed by atoms with E-state index >= 15 is 0 Å². The summed E-state index contributed by atoms with van der Waals surface area (Å²) in [4.78, 5) is 4.97. The van der Waals surface area contributed by atoms with Gasteiger partial charge in [0.05, 0.1) is 17.1 Å². The number of nitrogens with one attached hydrogen (secondary N) is 1. The monoisotopic (exact) mass is 348 g/mol. The van der Waals surface area contributed by atoms with Crippen LogP contribution in [0.3, 0.4) is 0 Å². The van der Waals surface area contributed by atoms with Gasteiger partial charge < -0.3 is 4.90 Å². The minimum atomic E-state index is 1.02. The fraction of sp³-hybridized carbons (Fsp3) is 0.438. The molecule has 0 unspecified atom stereocenters. The summed E-state index contributed by atoms with van der Waals surface area (Å²) in [5.41, 5.74) is 4.94. The average Bonchev–Trinajstić information content (AvgIpc) is 2.79. The van der Waals surface area contributed by atoms with Gasteiger partial charge in [-0.2, -0.15) is 5.10 Å². The molecule has 1 N–H and O–H groups in total. The maximum Gasteiger partial charge on any atom is 0.0827 e. The van der Waals surface area contributed by atoms with Crippen LogP contribution in [0.15, 0.2) is 28.7 Å². The van der Waals surface area contributed by atoms with E-state index in [-0.39, 0.29) is 0 Å². The van der Waals surface area contributed by atoms with Crippen LogP contribution in [0.5, 0.6) is 0 Å². The third-order valence-corrected chi connectivity index (χ3v) is 4.57.